The van der Waals surface area contributed by atoms with E-state index in [2.05, 4.69) is 40.7 Å². The maximum atomic E-state index is 12.6. The van der Waals surface area contributed by atoms with Crippen LogP contribution in [-0.2, 0) is 13.6 Å². The number of likely N-dealkylation sites (N-methyl/N-ethyl adjacent to an activating group) is 1. The predicted molar refractivity (Wildman–Crippen MR) is 154 cm³/mol. The maximum absolute atomic E-state index is 12.6. The van der Waals surface area contributed by atoms with Crippen molar-refractivity contribution in [2.75, 3.05) is 34.3 Å². The van der Waals surface area contributed by atoms with E-state index in [0.717, 1.165) is 54.8 Å². The molecule has 0 spiro atoms. The quantitative estimate of drug-likeness (QED) is 0.151. The van der Waals surface area contributed by atoms with Crippen molar-refractivity contribution < 1.29 is 23.0 Å². The molecule has 3 fully saturated rings. The topological polar surface area (TPSA) is 58.6 Å². The molecule has 0 radical (unpaired) electrons. The number of phosphoric acid groups is 1. The Morgan fingerprint density at radius 1 is 1.05 bits per heavy atom. The van der Waals surface area contributed by atoms with Gasteiger partial charge in [0.05, 0.1) is 27.2 Å². The lowest BCUT2D eigenvalue weighted by molar-refractivity contribution is -0.870. The zero-order chi connectivity index (χ0) is 27.9. The molecular weight excluding hydrogens is 493 g/mol. The molecule has 0 aromatic carbocycles. The summed E-state index contributed by atoms with van der Waals surface area (Å²) in [7, 11) is 1.79. The molecule has 2 unspecified atom stereocenters. The summed E-state index contributed by atoms with van der Waals surface area (Å²) in [4.78, 5) is 12.6. The summed E-state index contributed by atoms with van der Waals surface area (Å²) in [5.41, 5.74) is 2.16. The van der Waals surface area contributed by atoms with Crippen LogP contribution >= 0.6 is 7.82 Å². The highest BCUT2D eigenvalue weighted by atomic mass is 31.2. The Kier molecular flexibility index (Phi) is 9.38. The fourth-order valence-corrected chi connectivity index (χ4v) is 10.3. The van der Waals surface area contributed by atoms with Gasteiger partial charge < -0.3 is 18.4 Å². The Bertz CT molecular complexity index is 896. The van der Waals surface area contributed by atoms with E-state index in [-0.39, 0.29) is 18.1 Å². The molecule has 0 amide bonds. The molecule has 0 saturated heterocycles. The van der Waals surface area contributed by atoms with Gasteiger partial charge in [0.25, 0.3) is 7.82 Å². The van der Waals surface area contributed by atoms with Gasteiger partial charge in [-0.25, -0.2) is 0 Å². The molecule has 0 heterocycles. The Morgan fingerprint density at radius 2 is 1.79 bits per heavy atom. The fourth-order valence-electron chi connectivity index (χ4n) is 9.38. The average molecular weight is 552 g/mol. The van der Waals surface area contributed by atoms with Crippen molar-refractivity contribution >= 4 is 7.82 Å². The van der Waals surface area contributed by atoms with Gasteiger partial charge in [0.2, 0.25) is 0 Å². The van der Waals surface area contributed by atoms with Gasteiger partial charge in [-0.05, 0) is 97.7 Å². The van der Waals surface area contributed by atoms with Crippen molar-refractivity contribution in [3.63, 3.8) is 0 Å². The molecule has 4 aliphatic rings. The second-order valence-electron chi connectivity index (χ2n) is 15.6. The first kappa shape index (κ1) is 30.8. The Balaban J connectivity index is 1.38. The number of hydrogen-bond donors (Lipinski definition) is 0. The van der Waals surface area contributed by atoms with Crippen LogP contribution in [-0.4, -0.2) is 44.9 Å². The predicted octanol–water partition coefficient (Wildman–Crippen LogP) is 7.60. The molecule has 0 aliphatic heterocycles. The van der Waals surface area contributed by atoms with Crippen LogP contribution in [0.25, 0.3) is 0 Å². The van der Waals surface area contributed by atoms with Gasteiger partial charge in [0.15, 0.2) is 0 Å². The van der Waals surface area contributed by atoms with Crippen molar-refractivity contribution in [1.82, 2.24) is 0 Å². The van der Waals surface area contributed by atoms with Gasteiger partial charge in [-0.3, -0.25) is 4.57 Å². The van der Waals surface area contributed by atoms with Crippen molar-refractivity contribution in [3.8, 4) is 0 Å². The first-order valence-corrected chi connectivity index (χ1v) is 17.2. The summed E-state index contributed by atoms with van der Waals surface area (Å²) in [5, 5.41) is 0. The molecule has 0 aromatic heterocycles. The molecule has 38 heavy (non-hydrogen) atoms. The van der Waals surface area contributed by atoms with Crippen LogP contribution in [0.1, 0.15) is 105 Å². The molecule has 0 aromatic rings. The van der Waals surface area contributed by atoms with E-state index in [0.29, 0.717) is 16.4 Å². The summed E-state index contributed by atoms with van der Waals surface area (Å²) in [6.45, 7) is 13.2. The van der Waals surface area contributed by atoms with E-state index >= 15 is 0 Å². The molecule has 220 valence electrons. The number of hydrogen-bond acceptors (Lipinski definition) is 4. The van der Waals surface area contributed by atoms with Gasteiger partial charge in [0, 0.05) is 0 Å². The summed E-state index contributed by atoms with van der Waals surface area (Å²) < 4.78 is 24.1. The summed E-state index contributed by atoms with van der Waals surface area (Å²) in [5.74, 6) is 4.90. The van der Waals surface area contributed by atoms with Crippen LogP contribution in [0.5, 0.6) is 0 Å². The van der Waals surface area contributed by atoms with E-state index in [9.17, 15) is 9.46 Å². The minimum absolute atomic E-state index is 0.165. The standard InChI is InChI=1S/C32H58NO4P/c1-23(2)10-9-11-24(3)28-14-15-29-27-13-12-25-22-26(37-38(34,35)36-21-20-33(6,7)8)16-18-31(25,4)30(27)17-19-32(28,29)5/h12,23-24,26-30H,9-11,13-22H2,1-8H3/t24-,26?,27+,28-,29+,30+,31+,32-/m1/s1. The number of fused-ring (bicyclic) bond motifs is 5. The van der Waals surface area contributed by atoms with Gasteiger partial charge in [-0.15, -0.1) is 0 Å². The second-order valence-corrected chi connectivity index (χ2v) is 16.9. The molecule has 6 heteroatoms. The van der Waals surface area contributed by atoms with Crippen molar-refractivity contribution in [3.05, 3.63) is 11.6 Å². The smallest absolute Gasteiger partial charge is 0.268 e. The van der Waals surface area contributed by atoms with Crippen molar-refractivity contribution in [1.29, 1.82) is 0 Å². The van der Waals surface area contributed by atoms with Crippen LogP contribution in [0.4, 0.5) is 0 Å². The highest BCUT2D eigenvalue weighted by molar-refractivity contribution is 7.45. The lowest BCUT2D eigenvalue weighted by atomic mass is 9.47. The first-order chi connectivity index (χ1) is 17.6. The van der Waals surface area contributed by atoms with Crippen LogP contribution in [0.15, 0.2) is 11.6 Å². The van der Waals surface area contributed by atoms with Crippen LogP contribution in [0.3, 0.4) is 0 Å². The minimum atomic E-state index is -4.29. The fraction of sp³-hybridized carbons (Fsp3) is 0.938. The normalized spacial score (nSPS) is 39.6. The number of allylic oxidation sites excluding steroid dienone is 1. The zero-order valence-corrected chi connectivity index (χ0v) is 26.7. The molecular formula is C32H58NO4P. The second kappa shape index (κ2) is 11.6. The van der Waals surface area contributed by atoms with Gasteiger partial charge >= 0.3 is 0 Å². The maximum Gasteiger partial charge on any atom is 0.268 e. The third-order valence-corrected chi connectivity index (χ3v) is 12.6. The summed E-state index contributed by atoms with van der Waals surface area (Å²) in [6, 6.07) is 0. The Hall–Kier alpha value is -0.190. The van der Waals surface area contributed by atoms with Gasteiger partial charge in [0.1, 0.15) is 13.2 Å². The third kappa shape index (κ3) is 6.64. The van der Waals surface area contributed by atoms with E-state index in [1.165, 1.54) is 56.9 Å². The van der Waals surface area contributed by atoms with Crippen LogP contribution in [0, 0.1) is 46.3 Å². The molecule has 0 N–H and O–H groups in total. The SMILES string of the molecule is CC(C)CCC[C@@H](C)[C@H]1CC[C@H]2[C@@H]3CC=C4CC(OP(=O)([O-])OCC[N+](C)(C)C)CC[C@]4(C)[C@H]3CC[C@]12C. The van der Waals surface area contributed by atoms with E-state index in [4.69, 9.17) is 9.05 Å². The van der Waals surface area contributed by atoms with E-state index in [1.54, 1.807) is 0 Å². The Labute approximate surface area is 234 Å². The first-order valence-electron chi connectivity index (χ1n) is 15.8. The largest absolute Gasteiger partial charge is 0.756 e. The number of rotatable bonds is 11. The zero-order valence-electron chi connectivity index (χ0n) is 25.8. The average Bonchev–Trinajstić information content (AvgIpc) is 3.15. The summed E-state index contributed by atoms with van der Waals surface area (Å²) >= 11 is 0. The van der Waals surface area contributed by atoms with E-state index < -0.39 is 7.82 Å². The van der Waals surface area contributed by atoms with Gasteiger partial charge in [-0.2, -0.15) is 0 Å². The Morgan fingerprint density at radius 3 is 2.47 bits per heavy atom. The van der Waals surface area contributed by atoms with Crippen LogP contribution < -0.4 is 4.89 Å². The highest BCUT2D eigenvalue weighted by Crippen LogP contribution is 2.67. The number of phosphoric ester groups is 1. The van der Waals surface area contributed by atoms with Crippen molar-refractivity contribution in [2.24, 2.45) is 46.3 Å². The lowest BCUT2D eigenvalue weighted by Gasteiger charge is -2.58. The third-order valence-electron chi connectivity index (χ3n) is 11.5. The molecule has 4 aliphatic carbocycles. The number of nitrogens with zero attached hydrogens (tertiary/aromatic N) is 1. The molecule has 0 bridgehead atoms. The number of quaternary nitrogens is 1. The monoisotopic (exact) mass is 551 g/mol. The molecule has 9 atom stereocenters. The van der Waals surface area contributed by atoms with Gasteiger partial charge in [-0.1, -0.05) is 65.5 Å². The summed E-state index contributed by atoms with van der Waals surface area (Å²) in [6.07, 6.45) is 15.6. The van der Waals surface area contributed by atoms with Crippen LogP contribution in [0.2, 0.25) is 0 Å². The van der Waals surface area contributed by atoms with E-state index in [1.807, 2.05) is 21.1 Å². The molecule has 4 rings (SSSR count). The lowest BCUT2D eigenvalue weighted by Crippen LogP contribution is -2.51. The molecule has 5 nitrogen and oxygen atoms in total. The molecule has 3 saturated carbocycles. The minimum Gasteiger partial charge on any atom is -0.756 e. The highest BCUT2D eigenvalue weighted by Gasteiger charge is 2.59. The van der Waals surface area contributed by atoms with Crippen molar-refractivity contribution in [2.45, 2.75) is 111 Å².